The standard InChI is InChI=1S/C20H28N4O2/c1-23-12-11-21-20(23)19-17(9-10-18(25)24(19)2)22-16(14-26-3)13-15-7-5-4-6-8-15/h4-8,11-12,16-17,19,22H,9-10,13-14H2,1-3H3/t16?,17-,19-/m1/s1. The summed E-state index contributed by atoms with van der Waals surface area (Å²) in [6.07, 6.45) is 5.96. The molecule has 6 nitrogen and oxygen atoms in total. The summed E-state index contributed by atoms with van der Waals surface area (Å²) >= 11 is 0. The van der Waals surface area contributed by atoms with Gasteiger partial charge in [0, 0.05) is 52.1 Å². The van der Waals surface area contributed by atoms with E-state index in [0.29, 0.717) is 13.0 Å². The number of carbonyl (C=O) groups excluding carboxylic acids is 1. The number of likely N-dealkylation sites (tertiary alicyclic amines) is 1. The number of rotatable bonds is 7. The average Bonchev–Trinajstić information content (AvgIpc) is 3.05. The normalized spacial score (nSPS) is 21.8. The highest BCUT2D eigenvalue weighted by Gasteiger charge is 2.37. The molecule has 1 aromatic heterocycles. The minimum Gasteiger partial charge on any atom is -0.383 e. The van der Waals surface area contributed by atoms with Crippen LogP contribution in [-0.2, 0) is 23.0 Å². The number of piperidine rings is 1. The summed E-state index contributed by atoms with van der Waals surface area (Å²) in [6.45, 7) is 0.621. The molecule has 1 saturated heterocycles. The lowest BCUT2D eigenvalue weighted by atomic mass is 9.93. The first kappa shape index (κ1) is 18.6. The van der Waals surface area contributed by atoms with E-state index in [0.717, 1.165) is 18.7 Å². The van der Waals surface area contributed by atoms with E-state index in [-0.39, 0.29) is 24.0 Å². The van der Waals surface area contributed by atoms with Crippen LogP contribution in [0.1, 0.15) is 30.3 Å². The molecule has 1 aliphatic heterocycles. The molecular formula is C20H28N4O2. The lowest BCUT2D eigenvalue weighted by Crippen LogP contribution is -2.53. The summed E-state index contributed by atoms with van der Waals surface area (Å²) < 4.78 is 7.45. The molecule has 1 aromatic carbocycles. The summed E-state index contributed by atoms with van der Waals surface area (Å²) in [5.74, 6) is 1.08. The number of methoxy groups -OCH3 is 1. The quantitative estimate of drug-likeness (QED) is 0.824. The smallest absolute Gasteiger partial charge is 0.223 e. The molecule has 1 amide bonds. The topological polar surface area (TPSA) is 59.4 Å². The van der Waals surface area contributed by atoms with Gasteiger partial charge in [-0.2, -0.15) is 0 Å². The SMILES string of the molecule is COCC(Cc1ccccc1)N[C@@H]1CCC(=O)N(C)[C@H]1c1nccn1C. The third-order valence-electron chi connectivity index (χ3n) is 5.13. The van der Waals surface area contributed by atoms with E-state index in [9.17, 15) is 4.79 Å². The summed E-state index contributed by atoms with van der Waals surface area (Å²) in [5.41, 5.74) is 1.27. The molecule has 0 aliphatic carbocycles. The van der Waals surface area contributed by atoms with Crippen molar-refractivity contribution in [1.29, 1.82) is 0 Å². The van der Waals surface area contributed by atoms with Crippen molar-refractivity contribution >= 4 is 5.91 Å². The maximum Gasteiger partial charge on any atom is 0.223 e. The summed E-state index contributed by atoms with van der Waals surface area (Å²) in [4.78, 5) is 18.6. The van der Waals surface area contributed by atoms with Crippen molar-refractivity contribution in [3.05, 3.63) is 54.1 Å². The number of nitrogens with one attached hydrogen (secondary N) is 1. The van der Waals surface area contributed by atoms with E-state index in [1.54, 1.807) is 13.3 Å². The molecule has 2 heterocycles. The van der Waals surface area contributed by atoms with E-state index in [1.807, 2.05) is 35.8 Å². The molecule has 6 heteroatoms. The van der Waals surface area contributed by atoms with E-state index in [2.05, 4.69) is 34.6 Å². The second-order valence-corrected chi connectivity index (χ2v) is 7.00. The zero-order valence-corrected chi connectivity index (χ0v) is 15.8. The van der Waals surface area contributed by atoms with Gasteiger partial charge in [0.05, 0.1) is 6.61 Å². The molecule has 0 spiro atoms. The number of benzene rings is 1. The van der Waals surface area contributed by atoms with Crippen molar-refractivity contribution < 1.29 is 9.53 Å². The lowest BCUT2D eigenvalue weighted by molar-refractivity contribution is -0.136. The summed E-state index contributed by atoms with van der Waals surface area (Å²) in [7, 11) is 5.58. The number of nitrogens with zero attached hydrogens (tertiary/aromatic N) is 3. The van der Waals surface area contributed by atoms with Crippen LogP contribution in [0.2, 0.25) is 0 Å². The van der Waals surface area contributed by atoms with Crippen molar-refractivity contribution in [3.8, 4) is 0 Å². The molecule has 1 N–H and O–H groups in total. The van der Waals surface area contributed by atoms with Gasteiger partial charge in [-0.25, -0.2) is 4.98 Å². The van der Waals surface area contributed by atoms with Gasteiger partial charge in [-0.3, -0.25) is 4.79 Å². The summed E-state index contributed by atoms with van der Waals surface area (Å²) in [6, 6.07) is 10.7. The number of imidazole rings is 1. The van der Waals surface area contributed by atoms with Gasteiger partial charge in [-0.1, -0.05) is 30.3 Å². The van der Waals surface area contributed by atoms with Crippen molar-refractivity contribution in [3.63, 3.8) is 0 Å². The minimum atomic E-state index is -0.0774. The maximum absolute atomic E-state index is 12.3. The Labute approximate surface area is 155 Å². The van der Waals surface area contributed by atoms with Crippen LogP contribution in [0.4, 0.5) is 0 Å². The van der Waals surface area contributed by atoms with Crippen LogP contribution in [0, 0.1) is 0 Å². The van der Waals surface area contributed by atoms with Crippen LogP contribution in [-0.4, -0.2) is 53.2 Å². The van der Waals surface area contributed by atoms with Crippen molar-refractivity contribution in [1.82, 2.24) is 19.8 Å². The zero-order chi connectivity index (χ0) is 18.5. The number of hydrogen-bond acceptors (Lipinski definition) is 4. The zero-order valence-electron chi connectivity index (χ0n) is 15.8. The first-order valence-corrected chi connectivity index (χ1v) is 9.12. The van der Waals surface area contributed by atoms with Crippen LogP contribution >= 0.6 is 0 Å². The van der Waals surface area contributed by atoms with Gasteiger partial charge in [-0.05, 0) is 18.4 Å². The molecule has 3 rings (SSSR count). The number of hydrogen-bond donors (Lipinski definition) is 1. The van der Waals surface area contributed by atoms with Gasteiger partial charge < -0.3 is 19.5 Å². The van der Waals surface area contributed by atoms with Gasteiger partial charge in [-0.15, -0.1) is 0 Å². The molecule has 1 fully saturated rings. The highest BCUT2D eigenvalue weighted by molar-refractivity contribution is 5.77. The first-order valence-electron chi connectivity index (χ1n) is 9.12. The molecule has 3 atom stereocenters. The fourth-order valence-corrected chi connectivity index (χ4v) is 3.80. The predicted molar refractivity (Wildman–Crippen MR) is 101 cm³/mol. The van der Waals surface area contributed by atoms with Crippen molar-refractivity contribution in [2.75, 3.05) is 20.8 Å². The number of aromatic nitrogens is 2. The van der Waals surface area contributed by atoms with Crippen LogP contribution in [0.15, 0.2) is 42.7 Å². The largest absolute Gasteiger partial charge is 0.383 e. The van der Waals surface area contributed by atoms with Gasteiger partial charge in [0.1, 0.15) is 11.9 Å². The van der Waals surface area contributed by atoms with E-state index >= 15 is 0 Å². The average molecular weight is 356 g/mol. The molecule has 0 radical (unpaired) electrons. The van der Waals surface area contributed by atoms with Gasteiger partial charge in [0.15, 0.2) is 0 Å². The highest BCUT2D eigenvalue weighted by atomic mass is 16.5. The Bertz CT molecular complexity index is 716. The molecule has 1 unspecified atom stereocenters. The first-order chi connectivity index (χ1) is 12.6. The Morgan fingerprint density at radius 3 is 2.73 bits per heavy atom. The van der Waals surface area contributed by atoms with Crippen LogP contribution < -0.4 is 5.32 Å². The Morgan fingerprint density at radius 2 is 2.08 bits per heavy atom. The molecule has 2 aromatic rings. The second kappa shape index (κ2) is 8.47. The number of aryl methyl sites for hydroxylation is 1. The Kier molecular flexibility index (Phi) is 6.06. The monoisotopic (exact) mass is 356 g/mol. The van der Waals surface area contributed by atoms with Crippen LogP contribution in [0.3, 0.4) is 0 Å². The fourth-order valence-electron chi connectivity index (χ4n) is 3.80. The highest BCUT2D eigenvalue weighted by Crippen LogP contribution is 2.30. The lowest BCUT2D eigenvalue weighted by Gasteiger charge is -2.40. The Morgan fingerprint density at radius 1 is 1.31 bits per heavy atom. The molecule has 26 heavy (non-hydrogen) atoms. The van der Waals surface area contributed by atoms with Gasteiger partial charge >= 0.3 is 0 Å². The van der Waals surface area contributed by atoms with E-state index in [1.165, 1.54) is 5.56 Å². The Balaban J connectivity index is 1.79. The van der Waals surface area contributed by atoms with Gasteiger partial charge in [0.25, 0.3) is 0 Å². The molecule has 0 saturated carbocycles. The minimum absolute atomic E-state index is 0.0774. The van der Waals surface area contributed by atoms with Crippen LogP contribution in [0.25, 0.3) is 0 Å². The fraction of sp³-hybridized carbons (Fsp3) is 0.500. The summed E-state index contributed by atoms with van der Waals surface area (Å²) in [5, 5.41) is 3.75. The number of carbonyl (C=O) groups is 1. The van der Waals surface area contributed by atoms with Crippen molar-refractivity contribution in [2.24, 2.45) is 7.05 Å². The second-order valence-electron chi connectivity index (χ2n) is 7.00. The third kappa shape index (κ3) is 4.14. The molecule has 0 bridgehead atoms. The molecule has 140 valence electrons. The number of amides is 1. The molecular weight excluding hydrogens is 328 g/mol. The Hall–Kier alpha value is -2.18. The predicted octanol–water partition coefficient (Wildman–Crippen LogP) is 1.93. The third-order valence-corrected chi connectivity index (χ3v) is 5.13. The number of ether oxygens (including phenoxy) is 1. The van der Waals surface area contributed by atoms with E-state index in [4.69, 9.17) is 4.74 Å². The van der Waals surface area contributed by atoms with E-state index < -0.39 is 0 Å². The number of likely N-dealkylation sites (N-methyl/N-ethyl adjacent to an activating group) is 1. The van der Waals surface area contributed by atoms with Gasteiger partial charge in [0.2, 0.25) is 5.91 Å². The van der Waals surface area contributed by atoms with Crippen LogP contribution in [0.5, 0.6) is 0 Å². The van der Waals surface area contributed by atoms with Crippen molar-refractivity contribution in [2.45, 2.75) is 37.4 Å². The molecule has 1 aliphatic rings. The maximum atomic E-state index is 12.3.